The van der Waals surface area contributed by atoms with Crippen molar-refractivity contribution < 1.29 is 23.7 Å². The number of hydrogen-bond acceptors (Lipinski definition) is 6. The lowest BCUT2D eigenvalue weighted by Gasteiger charge is -2.26. The second-order valence-electron chi connectivity index (χ2n) is 6.32. The molecular weight excluding hydrogens is 365 g/mol. The maximum Gasteiger partial charge on any atom is 0.264 e. The maximum atomic E-state index is 13.8. The number of benzene rings is 2. The molecule has 0 aliphatic heterocycles. The molecule has 0 saturated heterocycles. The van der Waals surface area contributed by atoms with E-state index >= 15 is 0 Å². The van der Waals surface area contributed by atoms with Crippen molar-refractivity contribution in [2.75, 3.05) is 39.8 Å². The maximum absolute atomic E-state index is 13.8. The van der Waals surface area contributed by atoms with Gasteiger partial charge in [-0.2, -0.15) is 0 Å². The van der Waals surface area contributed by atoms with Gasteiger partial charge in [-0.05, 0) is 42.8 Å². The number of ether oxygens (including phenoxy) is 2. The molecule has 148 valence electrons. The van der Waals surface area contributed by atoms with Gasteiger partial charge < -0.3 is 24.0 Å². The molecule has 0 heterocycles. The molecule has 6 nitrogen and oxygen atoms in total. The summed E-state index contributed by atoms with van der Waals surface area (Å²) in [7, 11) is 3.30. The van der Waals surface area contributed by atoms with Crippen molar-refractivity contribution in [3.63, 3.8) is 0 Å². The van der Waals surface area contributed by atoms with Crippen LogP contribution in [-0.2, 0) is 9.09 Å². The summed E-state index contributed by atoms with van der Waals surface area (Å²) >= 11 is 0. The number of methoxy groups -OCH3 is 2. The van der Waals surface area contributed by atoms with Gasteiger partial charge in [0.2, 0.25) is 0 Å². The minimum atomic E-state index is -3.60. The molecule has 0 aliphatic rings. The zero-order valence-electron chi connectivity index (χ0n) is 16.5. The zero-order valence-corrected chi connectivity index (χ0v) is 17.4. The summed E-state index contributed by atoms with van der Waals surface area (Å²) in [4.78, 5) is 1.95. The summed E-state index contributed by atoms with van der Waals surface area (Å²) in [5.74, 6) is -0.371. The van der Waals surface area contributed by atoms with Crippen molar-refractivity contribution in [2.24, 2.45) is 0 Å². The Bertz CT molecular complexity index is 791. The highest BCUT2D eigenvalue weighted by Gasteiger charge is 2.38. The molecule has 0 aromatic heterocycles. The second-order valence-corrected chi connectivity index (χ2v) is 8.78. The van der Waals surface area contributed by atoms with Crippen LogP contribution < -0.4 is 19.7 Å². The van der Waals surface area contributed by atoms with Crippen LogP contribution >= 0.6 is 7.37 Å². The van der Waals surface area contributed by atoms with E-state index in [0.717, 1.165) is 5.69 Å². The van der Waals surface area contributed by atoms with Gasteiger partial charge in [-0.25, -0.2) is 0 Å². The van der Waals surface area contributed by atoms with Gasteiger partial charge in [0.1, 0.15) is 11.5 Å². The van der Waals surface area contributed by atoms with E-state index in [1.807, 2.05) is 38.1 Å². The summed E-state index contributed by atoms with van der Waals surface area (Å²) in [5, 5.41) is 11.5. The van der Waals surface area contributed by atoms with Gasteiger partial charge in [0, 0.05) is 36.7 Å². The molecule has 2 aromatic carbocycles. The van der Waals surface area contributed by atoms with Crippen LogP contribution in [0.1, 0.15) is 24.8 Å². The molecule has 0 spiro atoms. The fraction of sp³-hybridized carbons (Fsp3) is 0.400. The van der Waals surface area contributed by atoms with Gasteiger partial charge in [-0.3, -0.25) is 4.57 Å². The molecule has 0 saturated carbocycles. The third-order valence-electron chi connectivity index (χ3n) is 4.25. The average Bonchev–Trinajstić information content (AvgIpc) is 2.70. The fourth-order valence-electron chi connectivity index (χ4n) is 2.69. The molecule has 0 fully saturated rings. The van der Waals surface area contributed by atoms with Crippen molar-refractivity contribution in [2.45, 2.75) is 19.2 Å². The van der Waals surface area contributed by atoms with E-state index in [-0.39, 0.29) is 6.61 Å². The van der Waals surface area contributed by atoms with Gasteiger partial charge in [-0.15, -0.1) is 0 Å². The summed E-state index contributed by atoms with van der Waals surface area (Å²) in [6.07, 6.45) is 0.687. The molecule has 0 bridgehead atoms. The third-order valence-corrected chi connectivity index (χ3v) is 6.76. The predicted octanol–water partition coefficient (Wildman–Crippen LogP) is 3.79. The van der Waals surface area contributed by atoms with Crippen molar-refractivity contribution in [3.05, 3.63) is 48.0 Å². The molecule has 1 N–H and O–H groups in total. The summed E-state index contributed by atoms with van der Waals surface area (Å²) < 4.78 is 30.1. The molecule has 7 heteroatoms. The van der Waals surface area contributed by atoms with E-state index in [9.17, 15) is 9.67 Å². The molecule has 2 aromatic rings. The van der Waals surface area contributed by atoms with Crippen molar-refractivity contribution in [1.29, 1.82) is 0 Å². The number of rotatable bonds is 9. The first-order chi connectivity index (χ1) is 12.9. The van der Waals surface area contributed by atoms with Crippen LogP contribution in [0.5, 0.6) is 11.5 Å². The molecule has 2 atom stereocenters. The molecule has 27 heavy (non-hydrogen) atoms. The average molecular weight is 393 g/mol. The van der Waals surface area contributed by atoms with E-state index in [2.05, 4.69) is 0 Å². The first-order valence-corrected chi connectivity index (χ1v) is 10.5. The van der Waals surface area contributed by atoms with Crippen molar-refractivity contribution in [1.82, 2.24) is 0 Å². The predicted molar refractivity (Wildman–Crippen MR) is 109 cm³/mol. The van der Waals surface area contributed by atoms with Gasteiger partial charge in [-0.1, -0.05) is 6.92 Å². The molecule has 0 amide bonds. The smallest absolute Gasteiger partial charge is 0.264 e. The van der Waals surface area contributed by atoms with Gasteiger partial charge in [0.15, 0.2) is 5.85 Å². The molecule has 0 unspecified atom stereocenters. The Morgan fingerprint density at radius 1 is 1.07 bits per heavy atom. The number of nitrogens with zero attached hydrogens (tertiary/aromatic N) is 1. The Balaban J connectivity index is 2.50. The molecule has 0 aliphatic carbocycles. The SMILES string of the molecule is CCCO[P@@](=O)(c1ccc(N(C)C)cc1)[C@H](O)c1ccc(OC)cc1OC. The van der Waals surface area contributed by atoms with Gasteiger partial charge in [0.05, 0.1) is 20.8 Å². The van der Waals surface area contributed by atoms with E-state index in [0.29, 0.717) is 28.8 Å². The van der Waals surface area contributed by atoms with Crippen LogP contribution in [0.3, 0.4) is 0 Å². The first kappa shape index (κ1) is 21.3. The minimum absolute atomic E-state index is 0.280. The third kappa shape index (κ3) is 4.64. The molecule has 0 radical (unpaired) electrons. The standard InChI is InChI=1S/C20H28NO5P/c1-6-13-26-27(23,17-10-7-15(8-11-17)21(2)3)20(22)18-12-9-16(24-4)14-19(18)25-5/h7-12,14,20,22H,6,13H2,1-5H3/t20-,27-/m0/s1. The number of anilines is 1. The van der Waals surface area contributed by atoms with Crippen LogP contribution in [0.25, 0.3) is 0 Å². The Labute approximate surface area is 161 Å². The van der Waals surface area contributed by atoms with Crippen LogP contribution in [0.15, 0.2) is 42.5 Å². The monoisotopic (exact) mass is 393 g/mol. The van der Waals surface area contributed by atoms with E-state index < -0.39 is 13.2 Å². The highest BCUT2D eigenvalue weighted by atomic mass is 31.2. The summed E-state index contributed by atoms with van der Waals surface area (Å²) in [5.41, 5.74) is 1.37. The van der Waals surface area contributed by atoms with Crippen molar-refractivity contribution >= 4 is 18.4 Å². The minimum Gasteiger partial charge on any atom is -0.497 e. The molecule has 2 rings (SSSR count). The first-order valence-electron chi connectivity index (χ1n) is 8.79. The number of hydrogen-bond donors (Lipinski definition) is 1. The van der Waals surface area contributed by atoms with Crippen LogP contribution in [-0.4, -0.2) is 40.0 Å². The normalized spacial score (nSPS) is 14.3. The van der Waals surface area contributed by atoms with Crippen LogP contribution in [0, 0.1) is 0 Å². The highest BCUT2D eigenvalue weighted by molar-refractivity contribution is 7.67. The Morgan fingerprint density at radius 3 is 2.26 bits per heavy atom. The Morgan fingerprint density at radius 2 is 1.74 bits per heavy atom. The van der Waals surface area contributed by atoms with Crippen LogP contribution in [0.4, 0.5) is 5.69 Å². The number of aliphatic hydroxyl groups is 1. The lowest BCUT2D eigenvalue weighted by atomic mass is 10.2. The lowest BCUT2D eigenvalue weighted by molar-refractivity contribution is 0.210. The van der Waals surface area contributed by atoms with Crippen LogP contribution in [0.2, 0.25) is 0 Å². The topological polar surface area (TPSA) is 68.2 Å². The van der Waals surface area contributed by atoms with E-state index in [1.54, 1.807) is 37.4 Å². The van der Waals surface area contributed by atoms with Crippen molar-refractivity contribution in [3.8, 4) is 11.5 Å². The van der Waals surface area contributed by atoms with E-state index in [4.69, 9.17) is 14.0 Å². The zero-order chi connectivity index (χ0) is 20.0. The summed E-state index contributed by atoms with van der Waals surface area (Å²) in [6, 6.07) is 12.2. The summed E-state index contributed by atoms with van der Waals surface area (Å²) in [6.45, 7) is 2.21. The number of aliphatic hydroxyl groups excluding tert-OH is 1. The Hall–Kier alpha value is -2.01. The molecular formula is C20H28NO5P. The fourth-order valence-corrected chi connectivity index (χ4v) is 4.86. The van der Waals surface area contributed by atoms with Gasteiger partial charge in [0.25, 0.3) is 7.37 Å². The lowest BCUT2D eigenvalue weighted by Crippen LogP contribution is -2.16. The Kier molecular flexibility index (Phi) is 7.31. The van der Waals surface area contributed by atoms with E-state index in [1.165, 1.54) is 7.11 Å². The second kappa shape index (κ2) is 9.27. The largest absolute Gasteiger partial charge is 0.497 e. The highest BCUT2D eigenvalue weighted by Crippen LogP contribution is 2.59. The quantitative estimate of drug-likeness (QED) is 0.654. The van der Waals surface area contributed by atoms with Gasteiger partial charge >= 0.3 is 0 Å².